The SMILES string of the molecule is CCN=C1S[C@@H](C(=O)Nc2ccc(OCC)cc2)CC(=O)N1CC. The molecule has 0 radical (unpaired) electrons. The molecule has 2 amide bonds. The van der Waals surface area contributed by atoms with E-state index in [9.17, 15) is 9.59 Å². The van der Waals surface area contributed by atoms with Gasteiger partial charge in [0, 0.05) is 25.2 Å². The van der Waals surface area contributed by atoms with E-state index in [0.717, 1.165) is 5.75 Å². The van der Waals surface area contributed by atoms with Gasteiger partial charge in [0.15, 0.2) is 5.17 Å². The number of nitrogens with zero attached hydrogens (tertiary/aromatic N) is 2. The van der Waals surface area contributed by atoms with Crippen LogP contribution in [0.15, 0.2) is 29.3 Å². The third-order valence-electron chi connectivity index (χ3n) is 3.47. The maximum atomic E-state index is 12.5. The van der Waals surface area contributed by atoms with Crippen LogP contribution >= 0.6 is 11.8 Å². The minimum Gasteiger partial charge on any atom is -0.494 e. The molecule has 0 saturated carbocycles. The molecule has 7 heteroatoms. The fourth-order valence-electron chi connectivity index (χ4n) is 2.35. The number of amides is 2. The average Bonchev–Trinajstić information content (AvgIpc) is 2.57. The molecule has 1 aliphatic heterocycles. The zero-order valence-electron chi connectivity index (χ0n) is 14.2. The van der Waals surface area contributed by atoms with Crippen molar-refractivity contribution in [2.45, 2.75) is 32.4 Å². The van der Waals surface area contributed by atoms with Crippen molar-refractivity contribution in [1.29, 1.82) is 0 Å². The lowest BCUT2D eigenvalue weighted by molar-refractivity contribution is -0.129. The van der Waals surface area contributed by atoms with Crippen molar-refractivity contribution in [3.63, 3.8) is 0 Å². The Morgan fingerprint density at radius 3 is 2.62 bits per heavy atom. The number of carbonyl (C=O) groups is 2. The van der Waals surface area contributed by atoms with Crippen LogP contribution in [0, 0.1) is 0 Å². The number of ether oxygens (including phenoxy) is 1. The molecule has 24 heavy (non-hydrogen) atoms. The fraction of sp³-hybridized carbons (Fsp3) is 0.471. The molecule has 1 atom stereocenters. The Labute approximate surface area is 146 Å². The van der Waals surface area contributed by atoms with Gasteiger partial charge in [-0.2, -0.15) is 0 Å². The van der Waals surface area contributed by atoms with Crippen LogP contribution in [0.5, 0.6) is 5.75 Å². The van der Waals surface area contributed by atoms with Crippen LogP contribution in [0.2, 0.25) is 0 Å². The van der Waals surface area contributed by atoms with Crippen LogP contribution in [0.1, 0.15) is 27.2 Å². The summed E-state index contributed by atoms with van der Waals surface area (Å²) in [4.78, 5) is 30.7. The van der Waals surface area contributed by atoms with Gasteiger partial charge in [-0.3, -0.25) is 19.5 Å². The van der Waals surface area contributed by atoms with Gasteiger partial charge in [0.1, 0.15) is 11.0 Å². The number of nitrogens with one attached hydrogen (secondary N) is 1. The molecule has 1 heterocycles. The van der Waals surface area contributed by atoms with Crippen molar-refractivity contribution >= 4 is 34.4 Å². The van der Waals surface area contributed by atoms with E-state index in [1.807, 2.05) is 20.8 Å². The Kier molecular flexibility index (Phi) is 6.66. The molecule has 1 fully saturated rings. The molecule has 0 unspecified atom stereocenters. The number of rotatable bonds is 6. The molecule has 1 aromatic carbocycles. The first-order valence-corrected chi connectivity index (χ1v) is 9.02. The Morgan fingerprint density at radius 2 is 2.04 bits per heavy atom. The molecule has 0 bridgehead atoms. The summed E-state index contributed by atoms with van der Waals surface area (Å²) in [5, 5.41) is 3.02. The summed E-state index contributed by atoms with van der Waals surface area (Å²) in [7, 11) is 0. The Hall–Kier alpha value is -2.02. The number of hydrogen-bond donors (Lipinski definition) is 1. The smallest absolute Gasteiger partial charge is 0.238 e. The third kappa shape index (κ3) is 4.50. The second-order valence-electron chi connectivity index (χ2n) is 5.15. The third-order valence-corrected chi connectivity index (χ3v) is 4.70. The van der Waals surface area contributed by atoms with Crippen LogP contribution in [-0.2, 0) is 9.59 Å². The lowest BCUT2D eigenvalue weighted by atomic mass is 10.2. The Bertz CT molecular complexity index is 616. The number of thioether (sulfide) groups is 1. The second kappa shape index (κ2) is 8.73. The molecule has 2 rings (SSSR count). The Morgan fingerprint density at radius 1 is 1.33 bits per heavy atom. The van der Waals surface area contributed by atoms with Gasteiger partial charge in [-0.05, 0) is 45.0 Å². The van der Waals surface area contributed by atoms with Gasteiger partial charge < -0.3 is 10.1 Å². The van der Waals surface area contributed by atoms with E-state index in [1.54, 1.807) is 29.2 Å². The number of benzene rings is 1. The summed E-state index contributed by atoms with van der Waals surface area (Å²) in [6.07, 6.45) is 0.185. The van der Waals surface area contributed by atoms with E-state index in [-0.39, 0.29) is 18.2 Å². The maximum absolute atomic E-state index is 12.5. The highest BCUT2D eigenvalue weighted by molar-refractivity contribution is 8.15. The number of carbonyl (C=O) groups excluding carboxylic acids is 2. The topological polar surface area (TPSA) is 71.0 Å². The molecule has 1 saturated heterocycles. The predicted molar refractivity (Wildman–Crippen MR) is 97.6 cm³/mol. The normalized spacial score (nSPS) is 19.5. The molecule has 1 aliphatic rings. The summed E-state index contributed by atoms with van der Waals surface area (Å²) in [5.74, 6) is 0.515. The van der Waals surface area contributed by atoms with Crippen LogP contribution in [-0.4, -0.2) is 46.8 Å². The monoisotopic (exact) mass is 349 g/mol. The zero-order chi connectivity index (χ0) is 17.5. The van der Waals surface area contributed by atoms with Gasteiger partial charge in [-0.15, -0.1) is 0 Å². The molecule has 1 N–H and O–H groups in total. The van der Waals surface area contributed by atoms with Crippen LogP contribution < -0.4 is 10.1 Å². The zero-order valence-corrected chi connectivity index (χ0v) is 15.1. The van der Waals surface area contributed by atoms with Crippen molar-refractivity contribution in [3.05, 3.63) is 24.3 Å². The second-order valence-corrected chi connectivity index (χ2v) is 6.32. The molecule has 6 nitrogen and oxygen atoms in total. The van der Waals surface area contributed by atoms with E-state index in [2.05, 4.69) is 10.3 Å². The summed E-state index contributed by atoms with van der Waals surface area (Å²) in [6.45, 7) is 7.48. The fourth-order valence-corrected chi connectivity index (χ4v) is 3.56. The van der Waals surface area contributed by atoms with Crippen molar-refractivity contribution in [2.24, 2.45) is 4.99 Å². The quantitative estimate of drug-likeness (QED) is 0.857. The van der Waals surface area contributed by atoms with E-state index in [4.69, 9.17) is 4.74 Å². The highest BCUT2D eigenvalue weighted by atomic mass is 32.2. The molecular weight excluding hydrogens is 326 g/mol. The average molecular weight is 349 g/mol. The largest absolute Gasteiger partial charge is 0.494 e. The molecule has 130 valence electrons. The van der Waals surface area contributed by atoms with Crippen LogP contribution in [0.25, 0.3) is 0 Å². The lowest BCUT2D eigenvalue weighted by Crippen LogP contribution is -2.45. The van der Waals surface area contributed by atoms with E-state index >= 15 is 0 Å². The van der Waals surface area contributed by atoms with Crippen molar-refractivity contribution in [3.8, 4) is 5.75 Å². The van der Waals surface area contributed by atoms with Crippen LogP contribution in [0.3, 0.4) is 0 Å². The van der Waals surface area contributed by atoms with Crippen LogP contribution in [0.4, 0.5) is 5.69 Å². The summed E-state index contributed by atoms with van der Waals surface area (Å²) < 4.78 is 5.38. The van der Waals surface area contributed by atoms with Gasteiger partial charge in [-0.25, -0.2) is 0 Å². The first-order valence-electron chi connectivity index (χ1n) is 8.14. The van der Waals surface area contributed by atoms with E-state index < -0.39 is 5.25 Å². The van der Waals surface area contributed by atoms with Gasteiger partial charge in [0.25, 0.3) is 0 Å². The van der Waals surface area contributed by atoms with Gasteiger partial charge in [0.05, 0.1) is 6.61 Å². The Balaban J connectivity index is 2.04. The number of anilines is 1. The van der Waals surface area contributed by atoms with Crippen molar-refractivity contribution in [1.82, 2.24) is 4.90 Å². The summed E-state index contributed by atoms with van der Waals surface area (Å²) in [6, 6.07) is 7.19. The number of aliphatic imine (C=N–C) groups is 1. The minimum atomic E-state index is -0.461. The molecule has 0 spiro atoms. The molecule has 0 aromatic heterocycles. The lowest BCUT2D eigenvalue weighted by Gasteiger charge is -2.30. The maximum Gasteiger partial charge on any atom is 0.238 e. The molecule has 1 aromatic rings. The minimum absolute atomic E-state index is 0.0599. The van der Waals surface area contributed by atoms with Gasteiger partial charge >= 0.3 is 0 Å². The molecular formula is C17H23N3O3S. The highest BCUT2D eigenvalue weighted by Gasteiger charge is 2.34. The van der Waals surface area contributed by atoms with E-state index in [0.29, 0.717) is 30.6 Å². The first kappa shape index (κ1) is 18.3. The number of amidine groups is 1. The number of hydrogen-bond acceptors (Lipinski definition) is 5. The van der Waals surface area contributed by atoms with Gasteiger partial charge in [-0.1, -0.05) is 11.8 Å². The predicted octanol–water partition coefficient (Wildman–Crippen LogP) is 2.75. The van der Waals surface area contributed by atoms with Crippen molar-refractivity contribution in [2.75, 3.05) is 25.0 Å². The molecule has 0 aliphatic carbocycles. The van der Waals surface area contributed by atoms with Gasteiger partial charge in [0.2, 0.25) is 11.8 Å². The standard InChI is InChI=1S/C17H23N3O3S/c1-4-18-17-20(5-2)15(21)11-14(24-17)16(22)19-12-7-9-13(10-8-12)23-6-3/h7-10,14H,4-6,11H2,1-3H3,(H,19,22)/t14-/m1/s1. The summed E-state index contributed by atoms with van der Waals surface area (Å²) >= 11 is 1.35. The first-order chi connectivity index (χ1) is 11.6. The summed E-state index contributed by atoms with van der Waals surface area (Å²) in [5.41, 5.74) is 0.684. The van der Waals surface area contributed by atoms with E-state index in [1.165, 1.54) is 11.8 Å². The highest BCUT2D eigenvalue weighted by Crippen LogP contribution is 2.28. The van der Waals surface area contributed by atoms with Crippen molar-refractivity contribution < 1.29 is 14.3 Å².